The Kier molecular flexibility index (Phi) is 7.23. The van der Waals surface area contributed by atoms with Crippen LogP contribution in [0.3, 0.4) is 0 Å². The number of halogens is 1. The van der Waals surface area contributed by atoms with Gasteiger partial charge in [-0.3, -0.25) is 14.3 Å². The monoisotopic (exact) mass is 606 g/mol. The van der Waals surface area contributed by atoms with Gasteiger partial charge in [-0.2, -0.15) is 8.42 Å². The molecule has 2 aromatic rings. The number of sulfonamides is 2. The van der Waals surface area contributed by atoms with Gasteiger partial charge in [0.1, 0.15) is 22.0 Å². The number of amidine groups is 1. The number of ether oxygens (including phenoxy) is 1. The fraction of sp³-hybridized carbons (Fsp3) is 0.444. The first-order chi connectivity index (χ1) is 19.2. The van der Waals surface area contributed by atoms with E-state index >= 15 is 0 Å². The molecule has 2 fully saturated rings. The van der Waals surface area contributed by atoms with Gasteiger partial charge in [0, 0.05) is 11.2 Å². The van der Waals surface area contributed by atoms with Gasteiger partial charge in [0.05, 0.1) is 25.0 Å². The van der Waals surface area contributed by atoms with Crippen molar-refractivity contribution in [2.24, 2.45) is 27.4 Å². The number of anilines is 2. The van der Waals surface area contributed by atoms with E-state index in [0.717, 1.165) is 17.9 Å². The van der Waals surface area contributed by atoms with Crippen molar-refractivity contribution < 1.29 is 35.6 Å². The Morgan fingerprint density at radius 1 is 1.22 bits per heavy atom. The van der Waals surface area contributed by atoms with Gasteiger partial charge in [-0.05, 0) is 80.3 Å². The summed E-state index contributed by atoms with van der Waals surface area (Å²) in [4.78, 5) is 27.8. The van der Waals surface area contributed by atoms with Crippen LogP contribution in [-0.2, 0) is 40.8 Å². The lowest BCUT2D eigenvalue weighted by Crippen LogP contribution is -2.64. The SMILES string of the molecule is CCOC(=O)[C@]1(C(=O)CC2=NS(=O)(=O)c3cc(NS(C)(=O)=O)ccc3N2)[C@@H](Cc2ccc(F)cc2)[C@@H]2CC[C@]1(N)C2. The van der Waals surface area contributed by atoms with Gasteiger partial charge in [0.15, 0.2) is 5.78 Å². The van der Waals surface area contributed by atoms with E-state index in [1.807, 2.05) is 0 Å². The minimum absolute atomic E-state index is 0.0165. The van der Waals surface area contributed by atoms with Gasteiger partial charge >= 0.3 is 5.97 Å². The summed E-state index contributed by atoms with van der Waals surface area (Å²) in [6, 6.07) is 9.70. The fourth-order valence-corrected chi connectivity index (χ4v) is 8.52. The van der Waals surface area contributed by atoms with E-state index < -0.39 is 60.9 Å². The Morgan fingerprint density at radius 3 is 2.59 bits per heavy atom. The maximum absolute atomic E-state index is 14.3. The molecule has 5 rings (SSSR count). The van der Waals surface area contributed by atoms with Crippen molar-refractivity contribution in [2.75, 3.05) is 22.9 Å². The van der Waals surface area contributed by atoms with Crippen LogP contribution in [0.4, 0.5) is 15.8 Å². The lowest BCUT2D eigenvalue weighted by Gasteiger charge is -2.46. The molecule has 2 aromatic carbocycles. The molecule has 4 N–H and O–H groups in total. The molecule has 2 aliphatic carbocycles. The molecule has 0 spiro atoms. The molecule has 1 heterocycles. The largest absolute Gasteiger partial charge is 0.465 e. The van der Waals surface area contributed by atoms with Crippen LogP contribution in [0.15, 0.2) is 51.8 Å². The fourth-order valence-electron chi connectivity index (χ4n) is 6.79. The molecule has 41 heavy (non-hydrogen) atoms. The molecule has 0 saturated heterocycles. The van der Waals surface area contributed by atoms with E-state index in [1.165, 1.54) is 24.3 Å². The quantitative estimate of drug-likeness (QED) is 0.286. The van der Waals surface area contributed by atoms with Gasteiger partial charge in [0.25, 0.3) is 10.0 Å². The van der Waals surface area contributed by atoms with Crippen LogP contribution >= 0.6 is 0 Å². The summed E-state index contributed by atoms with van der Waals surface area (Å²) in [6.45, 7) is 1.65. The third-order valence-electron chi connectivity index (χ3n) is 8.30. The van der Waals surface area contributed by atoms with Crippen molar-refractivity contribution in [2.45, 2.75) is 49.5 Å². The number of hydrogen-bond donors (Lipinski definition) is 3. The minimum Gasteiger partial charge on any atom is -0.465 e. The maximum atomic E-state index is 14.3. The van der Waals surface area contributed by atoms with E-state index in [9.17, 15) is 30.8 Å². The van der Waals surface area contributed by atoms with E-state index in [2.05, 4.69) is 14.4 Å². The minimum atomic E-state index is -4.32. The highest BCUT2D eigenvalue weighted by Crippen LogP contribution is 2.63. The zero-order valence-corrected chi connectivity index (χ0v) is 24.1. The van der Waals surface area contributed by atoms with Gasteiger partial charge in [-0.1, -0.05) is 12.1 Å². The first-order valence-electron chi connectivity index (χ1n) is 13.1. The Labute approximate surface area is 237 Å². The second-order valence-electron chi connectivity index (χ2n) is 10.9. The third kappa shape index (κ3) is 5.12. The van der Waals surface area contributed by atoms with Crippen LogP contribution in [0.5, 0.6) is 0 Å². The predicted octanol–water partition coefficient (Wildman–Crippen LogP) is 2.59. The number of esters is 1. The summed E-state index contributed by atoms with van der Waals surface area (Å²) in [7, 11) is -7.98. The molecule has 3 aliphatic rings. The van der Waals surface area contributed by atoms with Crippen molar-refractivity contribution in [1.29, 1.82) is 0 Å². The molecule has 11 nitrogen and oxygen atoms in total. The van der Waals surface area contributed by atoms with Crippen LogP contribution in [0.2, 0.25) is 0 Å². The molecule has 220 valence electrons. The number of Topliss-reactive ketones (excluding diaryl/α,β-unsaturated/α-hetero) is 1. The zero-order chi connectivity index (χ0) is 29.8. The number of carbonyl (C=O) groups excluding carboxylic acids is 2. The second-order valence-corrected chi connectivity index (χ2v) is 14.3. The zero-order valence-electron chi connectivity index (χ0n) is 22.5. The molecule has 0 radical (unpaired) electrons. The highest BCUT2D eigenvalue weighted by atomic mass is 32.2. The van der Waals surface area contributed by atoms with Crippen molar-refractivity contribution in [1.82, 2.24) is 0 Å². The normalized spacial score (nSPS) is 27.9. The Morgan fingerprint density at radius 2 is 1.93 bits per heavy atom. The average molecular weight is 607 g/mol. The molecular formula is C27H31FN4O7S2. The maximum Gasteiger partial charge on any atom is 0.321 e. The Bertz CT molecular complexity index is 1660. The van der Waals surface area contributed by atoms with Crippen molar-refractivity contribution >= 4 is 49.0 Å². The molecule has 2 bridgehead atoms. The number of ketones is 1. The van der Waals surface area contributed by atoms with E-state index in [0.29, 0.717) is 19.3 Å². The molecule has 0 aromatic heterocycles. The van der Waals surface area contributed by atoms with Crippen molar-refractivity contribution in [3.05, 3.63) is 53.8 Å². The number of nitrogens with two attached hydrogens (primary N) is 1. The Hall–Kier alpha value is -3.36. The highest BCUT2D eigenvalue weighted by molar-refractivity contribution is 7.92. The lowest BCUT2D eigenvalue weighted by molar-refractivity contribution is -0.169. The average Bonchev–Trinajstić information content (AvgIpc) is 3.37. The topological polar surface area (TPSA) is 174 Å². The summed E-state index contributed by atoms with van der Waals surface area (Å²) in [5.41, 5.74) is 4.76. The van der Waals surface area contributed by atoms with Gasteiger partial charge in [-0.25, -0.2) is 12.8 Å². The first-order valence-corrected chi connectivity index (χ1v) is 16.5. The summed E-state index contributed by atoms with van der Waals surface area (Å²) >= 11 is 0. The molecular weight excluding hydrogens is 575 g/mol. The van der Waals surface area contributed by atoms with Crippen molar-refractivity contribution in [3.8, 4) is 0 Å². The first kappa shape index (κ1) is 29.1. The molecule has 0 amide bonds. The lowest BCUT2D eigenvalue weighted by atomic mass is 9.58. The molecule has 14 heteroatoms. The molecule has 1 aliphatic heterocycles. The number of nitrogens with zero attached hydrogens (tertiary/aromatic N) is 1. The molecule has 2 saturated carbocycles. The summed E-state index contributed by atoms with van der Waals surface area (Å²) in [5.74, 6) is -2.57. The summed E-state index contributed by atoms with van der Waals surface area (Å²) in [6.07, 6.45) is 2.23. The number of nitrogens with one attached hydrogen (secondary N) is 2. The molecule has 0 unspecified atom stereocenters. The summed E-state index contributed by atoms with van der Waals surface area (Å²) in [5, 5.41) is 2.85. The van der Waals surface area contributed by atoms with Crippen LogP contribution in [0.25, 0.3) is 0 Å². The van der Waals surface area contributed by atoms with E-state index in [-0.39, 0.29) is 41.1 Å². The number of rotatable bonds is 9. The van der Waals surface area contributed by atoms with Crippen LogP contribution in [0, 0.1) is 23.1 Å². The number of carbonyl (C=O) groups is 2. The Balaban J connectivity index is 1.51. The van der Waals surface area contributed by atoms with Crippen molar-refractivity contribution in [3.63, 3.8) is 0 Å². The van der Waals surface area contributed by atoms with Gasteiger partial charge in [0.2, 0.25) is 10.0 Å². The van der Waals surface area contributed by atoms with E-state index in [1.54, 1.807) is 19.1 Å². The van der Waals surface area contributed by atoms with Crippen LogP contribution < -0.4 is 15.8 Å². The number of benzene rings is 2. The van der Waals surface area contributed by atoms with Crippen LogP contribution in [0.1, 0.15) is 38.2 Å². The number of hydrogen-bond acceptors (Lipinski definition) is 9. The highest BCUT2D eigenvalue weighted by Gasteiger charge is 2.73. The van der Waals surface area contributed by atoms with Crippen LogP contribution in [-0.4, -0.2) is 52.8 Å². The van der Waals surface area contributed by atoms with E-state index in [4.69, 9.17) is 10.5 Å². The standard InChI is InChI=1S/C27H31FN4O7S2/c1-3-39-25(34)27(20(17-10-11-26(27,29)15-17)12-16-4-6-18(28)7-5-16)23(33)14-24-30-21-9-8-19(31-40(2,35)36)13-22(21)41(37,38)32-24/h4-9,13,17,20,31H,3,10-12,14-15,29H2,1-2H3,(H,30,32)/t17-,20+,26+,27-/m1/s1. The third-order valence-corrected chi connectivity index (χ3v) is 10.3. The smallest absolute Gasteiger partial charge is 0.321 e. The predicted molar refractivity (Wildman–Crippen MR) is 150 cm³/mol. The van der Waals surface area contributed by atoms with Gasteiger partial charge in [-0.15, -0.1) is 4.40 Å². The van der Waals surface area contributed by atoms with Gasteiger partial charge < -0.3 is 15.8 Å². The number of fused-ring (bicyclic) bond motifs is 3. The second kappa shape index (κ2) is 10.2. The molecule has 4 atom stereocenters. The summed E-state index contributed by atoms with van der Waals surface area (Å²) < 4.78 is 74.4.